The van der Waals surface area contributed by atoms with Crippen molar-refractivity contribution in [3.63, 3.8) is 0 Å². The summed E-state index contributed by atoms with van der Waals surface area (Å²) in [6.45, 7) is 5.97. The van der Waals surface area contributed by atoms with Crippen LogP contribution >= 0.6 is 11.8 Å². The quantitative estimate of drug-likeness (QED) is 0.259. The molecule has 1 spiro atoms. The van der Waals surface area contributed by atoms with Crippen LogP contribution in [0, 0.1) is 25.2 Å². The first-order chi connectivity index (χ1) is 27.5. The molecule has 3 aromatic carbocycles. The number of carbonyl (C=O) groups excluding carboxylic acids is 2. The Morgan fingerprint density at radius 3 is 2.56 bits per heavy atom. The molecule has 2 N–H and O–H groups in total. The first-order valence-corrected chi connectivity index (χ1v) is 20.0. The van der Waals surface area contributed by atoms with Crippen molar-refractivity contribution in [3.8, 4) is 46.3 Å². The van der Waals surface area contributed by atoms with Gasteiger partial charge in [-0.15, -0.1) is 11.8 Å². The molecule has 8 aliphatic rings. The number of methoxy groups -OCH3 is 3. The standard InChI is InChI=1S/C42H44N4O10S/c1-19-12-23-24-15-46-27-16-53-41(49)42(25-14-29(51-6)28(50-5)13-22(25)9-11-44-42)17-57-40(32-31(27)39-38(54-18-55-39)20(2)37(32)56-21(3)47)34(46)33(45(4)26(24)8-10-43)30(23)35(48)36(19)52-7/h12-14,16,24,26,33-34,40,44,48H,8-9,11,15,17-18H2,1-7H3/b27-16+/t24?,26-,33-,34?,40-,42-/m1/s1. The summed E-state index contributed by atoms with van der Waals surface area (Å²) in [5, 5.41) is 25.4. The topological polar surface area (TPSA) is 161 Å². The SMILES string of the molecule is COc1cc2c(cc1OC)[C@@]1(CS[C@@H]3c4c(OC(C)=O)c(C)c5c(c4/C(=C\OC1=O)N1CC4c6cc(C)c(OC)c(O)c6[C@H](C31)N(C)[C@@H]4CC#N)OCO5)NCC2. The number of thioether (sulfide) groups is 1. The van der Waals surface area contributed by atoms with E-state index in [1.807, 2.05) is 33.0 Å². The van der Waals surface area contributed by atoms with Gasteiger partial charge in [0.05, 0.1) is 62.4 Å². The number of fused-ring (bicyclic) bond motifs is 6. The van der Waals surface area contributed by atoms with Crippen molar-refractivity contribution in [2.24, 2.45) is 0 Å². The molecule has 57 heavy (non-hydrogen) atoms. The van der Waals surface area contributed by atoms with Crippen molar-refractivity contribution >= 4 is 29.4 Å². The number of hydrogen-bond acceptors (Lipinski definition) is 15. The third kappa shape index (κ3) is 5.23. The van der Waals surface area contributed by atoms with E-state index in [2.05, 4.69) is 27.3 Å². The Balaban J connectivity index is 1.34. The normalized spacial score (nSPS) is 27.5. The monoisotopic (exact) mass is 796 g/mol. The van der Waals surface area contributed by atoms with Crippen LogP contribution in [-0.2, 0) is 26.3 Å². The van der Waals surface area contributed by atoms with Crippen LogP contribution in [-0.4, -0.2) is 92.9 Å². The first-order valence-electron chi connectivity index (χ1n) is 18.9. The highest BCUT2D eigenvalue weighted by molar-refractivity contribution is 7.99. The molecule has 8 aliphatic heterocycles. The Kier molecular flexibility index (Phi) is 8.94. The van der Waals surface area contributed by atoms with Crippen molar-refractivity contribution in [2.75, 3.05) is 54.0 Å². The molecule has 6 atom stereocenters. The number of rotatable bonds is 5. The molecule has 11 rings (SSSR count). The Bertz CT molecular complexity index is 2320. The van der Waals surface area contributed by atoms with Gasteiger partial charge < -0.3 is 43.2 Å². The van der Waals surface area contributed by atoms with Gasteiger partial charge in [0.1, 0.15) is 12.0 Å². The predicted octanol–water partition coefficient (Wildman–Crippen LogP) is 5.11. The fraction of sp³-hybridized carbons (Fsp3) is 0.452. The van der Waals surface area contributed by atoms with Gasteiger partial charge in [0, 0.05) is 54.4 Å². The number of aryl methyl sites for hydroxylation is 1. The maximum absolute atomic E-state index is 14.9. The highest BCUT2D eigenvalue weighted by Crippen LogP contribution is 2.65. The number of nitrogens with zero attached hydrogens (tertiary/aromatic N) is 3. The minimum Gasteiger partial charge on any atom is -0.504 e. The van der Waals surface area contributed by atoms with Crippen LogP contribution in [0.15, 0.2) is 24.5 Å². The molecule has 4 bridgehead atoms. The number of benzene rings is 3. The van der Waals surface area contributed by atoms with Crippen molar-refractivity contribution in [2.45, 2.75) is 68.4 Å². The third-order valence-electron chi connectivity index (χ3n) is 12.7. The van der Waals surface area contributed by atoms with Crippen LogP contribution in [0.1, 0.15) is 75.1 Å². The number of esters is 2. The van der Waals surface area contributed by atoms with Crippen molar-refractivity contribution in [1.29, 1.82) is 5.26 Å². The summed E-state index contributed by atoms with van der Waals surface area (Å²) >= 11 is 1.54. The first kappa shape index (κ1) is 37.3. The number of phenols is 1. The average molecular weight is 797 g/mol. The molecule has 0 radical (unpaired) electrons. The average Bonchev–Trinajstić information content (AvgIpc) is 3.60. The summed E-state index contributed by atoms with van der Waals surface area (Å²) in [6.07, 6.45) is 2.37. The third-order valence-corrected chi connectivity index (χ3v) is 14.1. The second-order valence-electron chi connectivity index (χ2n) is 15.4. The zero-order valence-electron chi connectivity index (χ0n) is 32.8. The maximum atomic E-state index is 14.9. The minimum atomic E-state index is -1.33. The van der Waals surface area contributed by atoms with Gasteiger partial charge in [-0.2, -0.15) is 5.26 Å². The molecule has 14 nitrogen and oxygen atoms in total. The molecule has 2 unspecified atom stereocenters. The van der Waals surface area contributed by atoms with Gasteiger partial charge in [0.2, 0.25) is 6.79 Å². The minimum absolute atomic E-state index is 0.0488. The molecule has 0 saturated carbocycles. The number of nitriles is 1. The lowest BCUT2D eigenvalue weighted by Crippen LogP contribution is -2.56. The number of phenolic OH excluding ortho intramolecular Hbond substituents is 1. The van der Waals surface area contributed by atoms with E-state index in [9.17, 15) is 20.0 Å². The zero-order chi connectivity index (χ0) is 40.1. The van der Waals surface area contributed by atoms with E-state index in [0.29, 0.717) is 87.5 Å². The van der Waals surface area contributed by atoms with Gasteiger partial charge in [-0.1, -0.05) is 6.07 Å². The van der Waals surface area contributed by atoms with E-state index >= 15 is 0 Å². The molecule has 0 amide bonds. The summed E-state index contributed by atoms with van der Waals surface area (Å²) in [6, 6.07) is 7.05. The molecule has 1 saturated heterocycles. The Labute approximate surface area is 334 Å². The fourth-order valence-electron chi connectivity index (χ4n) is 10.2. The van der Waals surface area contributed by atoms with Gasteiger partial charge in [-0.05, 0) is 61.7 Å². The molecular formula is C42H44N4O10S. The van der Waals surface area contributed by atoms with E-state index in [0.717, 1.165) is 16.7 Å². The summed E-state index contributed by atoms with van der Waals surface area (Å²) in [5.41, 5.74) is 5.17. The lowest BCUT2D eigenvalue weighted by atomic mass is 9.76. The maximum Gasteiger partial charge on any atom is 0.336 e. The number of hydrogen-bond donors (Lipinski definition) is 2. The lowest BCUT2D eigenvalue weighted by molar-refractivity contribution is -0.145. The van der Waals surface area contributed by atoms with E-state index < -0.39 is 34.8 Å². The highest BCUT2D eigenvalue weighted by atomic mass is 32.2. The van der Waals surface area contributed by atoms with Crippen LogP contribution in [0.2, 0.25) is 0 Å². The van der Waals surface area contributed by atoms with Gasteiger partial charge in [0.25, 0.3) is 0 Å². The number of aromatic hydroxyl groups is 1. The van der Waals surface area contributed by atoms with Gasteiger partial charge in [-0.25, -0.2) is 4.79 Å². The van der Waals surface area contributed by atoms with E-state index in [1.165, 1.54) is 24.9 Å². The number of nitrogens with one attached hydrogen (secondary N) is 1. The summed E-state index contributed by atoms with van der Waals surface area (Å²) in [4.78, 5) is 32.3. The van der Waals surface area contributed by atoms with Crippen LogP contribution in [0.3, 0.4) is 0 Å². The van der Waals surface area contributed by atoms with Crippen LogP contribution < -0.4 is 33.7 Å². The number of ether oxygens (including phenoxy) is 7. The summed E-state index contributed by atoms with van der Waals surface area (Å²) in [5.74, 6) is 1.66. The summed E-state index contributed by atoms with van der Waals surface area (Å²) < 4.78 is 42.0. The smallest absolute Gasteiger partial charge is 0.336 e. The molecule has 1 fully saturated rings. The van der Waals surface area contributed by atoms with Crippen LogP contribution in [0.25, 0.3) is 5.70 Å². The second kappa shape index (κ2) is 13.7. The van der Waals surface area contributed by atoms with Crippen LogP contribution in [0.5, 0.6) is 40.2 Å². The molecule has 0 aromatic heterocycles. The van der Waals surface area contributed by atoms with Crippen molar-refractivity contribution in [3.05, 3.63) is 69.0 Å². The molecule has 0 aliphatic carbocycles. The number of likely N-dealkylation sites (N-methyl/N-ethyl adjacent to an activating group) is 1. The number of carbonyl (C=O) groups is 2. The molecule has 15 heteroatoms. The van der Waals surface area contributed by atoms with Gasteiger partial charge in [-0.3, -0.25) is 15.0 Å². The van der Waals surface area contributed by atoms with E-state index in [1.54, 1.807) is 21.3 Å². The summed E-state index contributed by atoms with van der Waals surface area (Å²) in [7, 11) is 6.69. The zero-order valence-corrected chi connectivity index (χ0v) is 33.6. The van der Waals surface area contributed by atoms with Gasteiger partial charge >= 0.3 is 11.9 Å². The highest BCUT2D eigenvalue weighted by Gasteiger charge is 2.58. The molecule has 3 aromatic rings. The Morgan fingerprint density at radius 2 is 1.84 bits per heavy atom. The Morgan fingerprint density at radius 1 is 1.09 bits per heavy atom. The van der Waals surface area contributed by atoms with E-state index in [-0.39, 0.29) is 36.7 Å². The van der Waals surface area contributed by atoms with Gasteiger partial charge in [0.15, 0.2) is 40.0 Å². The second-order valence-corrected chi connectivity index (χ2v) is 16.5. The molecule has 298 valence electrons. The fourth-order valence-corrected chi connectivity index (χ4v) is 11.9. The molecular weight excluding hydrogens is 753 g/mol. The predicted molar refractivity (Wildman–Crippen MR) is 208 cm³/mol. The van der Waals surface area contributed by atoms with Crippen molar-refractivity contribution < 1.29 is 47.9 Å². The Hall–Kier alpha value is -5.30. The van der Waals surface area contributed by atoms with E-state index in [4.69, 9.17) is 33.2 Å². The van der Waals surface area contributed by atoms with Crippen molar-refractivity contribution in [1.82, 2.24) is 15.1 Å². The lowest BCUT2D eigenvalue weighted by Gasteiger charge is -2.50. The van der Waals surface area contributed by atoms with Crippen LogP contribution in [0.4, 0.5) is 0 Å². The molecule has 8 heterocycles. The largest absolute Gasteiger partial charge is 0.504 e.